The summed E-state index contributed by atoms with van der Waals surface area (Å²) in [6.07, 6.45) is 0. The van der Waals surface area contributed by atoms with E-state index in [9.17, 15) is 8.42 Å². The molecular weight excluding hydrogens is 282 g/mol. The number of hydrogen-bond donors (Lipinski definition) is 3. The standard InChI is InChI=1S/C10H11N7O2S/c1-6(10-13-16-17-14-10)15-20(18,19)9-3-2-8(12)4-7(9)5-11/h2-4,6,15H,12H2,1H3,(H,13,14,16,17). The fourth-order valence-corrected chi connectivity index (χ4v) is 2.91. The van der Waals surface area contributed by atoms with Gasteiger partial charge in [0.25, 0.3) is 0 Å². The maximum Gasteiger partial charge on any atom is 0.242 e. The minimum Gasteiger partial charge on any atom is -0.399 e. The molecule has 1 unspecified atom stereocenters. The number of nitrogens with two attached hydrogens (primary N) is 1. The monoisotopic (exact) mass is 293 g/mol. The molecule has 0 spiro atoms. The van der Waals surface area contributed by atoms with Crippen LogP contribution in [0.2, 0.25) is 0 Å². The summed E-state index contributed by atoms with van der Waals surface area (Å²) < 4.78 is 26.8. The highest BCUT2D eigenvalue weighted by Crippen LogP contribution is 2.20. The van der Waals surface area contributed by atoms with Gasteiger partial charge in [0.2, 0.25) is 10.0 Å². The molecule has 1 atom stereocenters. The number of H-pyrrole nitrogens is 1. The second-order valence-corrected chi connectivity index (χ2v) is 5.66. The molecule has 10 heteroatoms. The van der Waals surface area contributed by atoms with Crippen LogP contribution in [0.1, 0.15) is 24.4 Å². The van der Waals surface area contributed by atoms with E-state index in [4.69, 9.17) is 11.0 Å². The zero-order chi connectivity index (χ0) is 14.8. The molecule has 0 radical (unpaired) electrons. The molecule has 0 saturated carbocycles. The number of aromatic nitrogens is 4. The molecule has 1 aromatic heterocycles. The fraction of sp³-hybridized carbons (Fsp3) is 0.200. The number of nitriles is 1. The Morgan fingerprint density at radius 1 is 1.50 bits per heavy atom. The number of hydrogen-bond acceptors (Lipinski definition) is 7. The van der Waals surface area contributed by atoms with Gasteiger partial charge in [0.1, 0.15) is 6.07 Å². The average molecular weight is 293 g/mol. The second kappa shape index (κ2) is 5.24. The Morgan fingerprint density at radius 3 is 2.85 bits per heavy atom. The molecule has 0 aliphatic rings. The largest absolute Gasteiger partial charge is 0.399 e. The molecule has 104 valence electrons. The summed E-state index contributed by atoms with van der Waals surface area (Å²) in [5, 5.41) is 22.0. The van der Waals surface area contributed by atoms with E-state index in [0.29, 0.717) is 5.69 Å². The quantitative estimate of drug-likeness (QED) is 0.654. The van der Waals surface area contributed by atoms with Crippen molar-refractivity contribution in [3.63, 3.8) is 0 Å². The summed E-state index contributed by atoms with van der Waals surface area (Å²) in [4.78, 5) is -0.149. The predicted octanol–water partition coefficient (Wildman–Crippen LogP) is -0.307. The van der Waals surface area contributed by atoms with Crippen molar-refractivity contribution < 1.29 is 8.42 Å². The van der Waals surface area contributed by atoms with Gasteiger partial charge >= 0.3 is 0 Å². The Labute approximate surface area is 114 Å². The molecule has 0 amide bonds. The summed E-state index contributed by atoms with van der Waals surface area (Å²) in [6, 6.07) is 5.10. The molecule has 1 heterocycles. The number of anilines is 1. The molecule has 20 heavy (non-hydrogen) atoms. The van der Waals surface area contributed by atoms with E-state index in [2.05, 4.69) is 25.3 Å². The number of nitrogens with one attached hydrogen (secondary N) is 2. The summed E-state index contributed by atoms with van der Waals surface area (Å²) in [7, 11) is -3.89. The van der Waals surface area contributed by atoms with Gasteiger partial charge in [0.05, 0.1) is 16.5 Å². The Kier molecular flexibility index (Phi) is 3.64. The first kappa shape index (κ1) is 13.9. The van der Waals surface area contributed by atoms with Gasteiger partial charge in [-0.25, -0.2) is 13.1 Å². The predicted molar refractivity (Wildman–Crippen MR) is 68.5 cm³/mol. The summed E-state index contributed by atoms with van der Waals surface area (Å²) in [6.45, 7) is 1.56. The third kappa shape index (κ3) is 2.73. The van der Waals surface area contributed by atoms with Gasteiger partial charge in [-0.3, -0.25) is 0 Å². The minimum absolute atomic E-state index is 0.0298. The maximum absolute atomic E-state index is 12.2. The van der Waals surface area contributed by atoms with Crippen LogP contribution in [0.5, 0.6) is 0 Å². The van der Waals surface area contributed by atoms with Crippen LogP contribution in [0, 0.1) is 11.3 Å². The van der Waals surface area contributed by atoms with Crippen LogP contribution >= 0.6 is 0 Å². The number of aromatic amines is 1. The smallest absolute Gasteiger partial charge is 0.242 e. The van der Waals surface area contributed by atoms with Crippen molar-refractivity contribution >= 4 is 15.7 Å². The SMILES string of the molecule is CC(NS(=O)(=O)c1ccc(N)cc1C#N)c1nn[nH]n1. The van der Waals surface area contributed by atoms with Crippen LogP contribution in [-0.4, -0.2) is 29.0 Å². The van der Waals surface area contributed by atoms with E-state index < -0.39 is 16.1 Å². The van der Waals surface area contributed by atoms with Crippen molar-refractivity contribution in [2.45, 2.75) is 17.9 Å². The van der Waals surface area contributed by atoms with Gasteiger partial charge < -0.3 is 5.73 Å². The normalized spacial score (nSPS) is 12.8. The van der Waals surface area contributed by atoms with Crippen molar-refractivity contribution in [2.75, 3.05) is 5.73 Å². The van der Waals surface area contributed by atoms with Crippen molar-refractivity contribution in [1.82, 2.24) is 25.3 Å². The average Bonchev–Trinajstić information content (AvgIpc) is 2.91. The van der Waals surface area contributed by atoms with Gasteiger partial charge in [0, 0.05) is 5.69 Å². The lowest BCUT2D eigenvalue weighted by Crippen LogP contribution is -2.28. The Balaban J connectivity index is 2.34. The van der Waals surface area contributed by atoms with E-state index in [0.717, 1.165) is 0 Å². The van der Waals surface area contributed by atoms with E-state index in [1.165, 1.54) is 18.2 Å². The van der Waals surface area contributed by atoms with E-state index >= 15 is 0 Å². The Hall–Kier alpha value is -2.51. The van der Waals surface area contributed by atoms with Gasteiger partial charge in [-0.1, -0.05) is 5.21 Å². The summed E-state index contributed by atoms with van der Waals surface area (Å²) in [5.41, 5.74) is 5.81. The first-order chi connectivity index (χ1) is 9.44. The number of benzene rings is 1. The highest BCUT2D eigenvalue weighted by atomic mass is 32.2. The minimum atomic E-state index is -3.89. The summed E-state index contributed by atoms with van der Waals surface area (Å²) >= 11 is 0. The van der Waals surface area contributed by atoms with Crippen molar-refractivity contribution in [3.8, 4) is 6.07 Å². The first-order valence-corrected chi connectivity index (χ1v) is 6.97. The van der Waals surface area contributed by atoms with Gasteiger partial charge in [0.15, 0.2) is 5.82 Å². The number of nitrogens with zero attached hydrogens (tertiary/aromatic N) is 4. The van der Waals surface area contributed by atoms with Crippen LogP contribution in [0.15, 0.2) is 23.1 Å². The van der Waals surface area contributed by atoms with Crippen molar-refractivity contribution in [2.24, 2.45) is 0 Å². The van der Waals surface area contributed by atoms with E-state index in [1.54, 1.807) is 13.0 Å². The van der Waals surface area contributed by atoms with Crippen molar-refractivity contribution in [1.29, 1.82) is 5.26 Å². The van der Waals surface area contributed by atoms with E-state index in [-0.39, 0.29) is 16.3 Å². The Morgan fingerprint density at radius 2 is 2.25 bits per heavy atom. The third-order valence-electron chi connectivity index (χ3n) is 2.49. The highest BCUT2D eigenvalue weighted by Gasteiger charge is 2.23. The summed E-state index contributed by atoms with van der Waals surface area (Å²) in [5.74, 6) is 0.197. The van der Waals surface area contributed by atoms with Crippen LogP contribution in [-0.2, 0) is 10.0 Å². The topological polar surface area (TPSA) is 150 Å². The molecule has 4 N–H and O–H groups in total. The lowest BCUT2D eigenvalue weighted by Gasteiger charge is -2.12. The molecule has 0 saturated heterocycles. The zero-order valence-corrected chi connectivity index (χ0v) is 11.2. The lowest BCUT2D eigenvalue weighted by molar-refractivity contribution is 0.559. The first-order valence-electron chi connectivity index (χ1n) is 5.49. The van der Waals surface area contributed by atoms with Gasteiger partial charge in [-0.2, -0.15) is 10.5 Å². The molecule has 0 aliphatic heterocycles. The molecule has 1 aromatic carbocycles. The van der Waals surface area contributed by atoms with Gasteiger partial charge in [-0.05, 0) is 25.1 Å². The van der Waals surface area contributed by atoms with Crippen molar-refractivity contribution in [3.05, 3.63) is 29.6 Å². The zero-order valence-electron chi connectivity index (χ0n) is 10.4. The van der Waals surface area contributed by atoms with Gasteiger partial charge in [-0.15, -0.1) is 10.2 Å². The van der Waals surface area contributed by atoms with E-state index in [1.807, 2.05) is 0 Å². The molecule has 0 aliphatic carbocycles. The molecule has 2 rings (SSSR count). The van der Waals surface area contributed by atoms with Crippen LogP contribution < -0.4 is 10.5 Å². The van der Waals surface area contributed by atoms with Crippen LogP contribution in [0.25, 0.3) is 0 Å². The fourth-order valence-electron chi connectivity index (χ4n) is 1.57. The second-order valence-electron chi connectivity index (χ2n) is 3.98. The molecule has 0 fully saturated rings. The third-order valence-corrected chi connectivity index (χ3v) is 4.09. The molecule has 2 aromatic rings. The Bertz CT molecular complexity index is 748. The lowest BCUT2D eigenvalue weighted by atomic mass is 10.2. The number of rotatable bonds is 4. The highest BCUT2D eigenvalue weighted by molar-refractivity contribution is 7.89. The molecule has 0 bridgehead atoms. The molecular formula is C10H11N7O2S. The number of tetrazole rings is 1. The molecule has 9 nitrogen and oxygen atoms in total. The maximum atomic E-state index is 12.2. The van der Waals surface area contributed by atoms with Crippen LogP contribution in [0.3, 0.4) is 0 Å². The number of nitrogen functional groups attached to an aromatic ring is 1. The van der Waals surface area contributed by atoms with Crippen LogP contribution in [0.4, 0.5) is 5.69 Å². The number of sulfonamides is 1.